The minimum Gasteiger partial charge on any atom is -0.333 e. The van der Waals surface area contributed by atoms with E-state index in [4.69, 9.17) is 0 Å². The second kappa shape index (κ2) is 6.76. The number of rotatable bonds is 8. The summed E-state index contributed by atoms with van der Waals surface area (Å²) >= 11 is 0. The molecule has 98 valence electrons. The van der Waals surface area contributed by atoms with Crippen molar-refractivity contribution in [1.82, 2.24) is 14.9 Å². The molecule has 1 rings (SSSR count). The number of aromatic nitrogens is 2. The van der Waals surface area contributed by atoms with Crippen LogP contribution in [0.25, 0.3) is 0 Å². The summed E-state index contributed by atoms with van der Waals surface area (Å²) in [4.78, 5) is 4.21. The van der Waals surface area contributed by atoms with Crippen LogP contribution in [0.5, 0.6) is 0 Å². The molecule has 1 aromatic heterocycles. The molecule has 1 N–H and O–H groups in total. The van der Waals surface area contributed by atoms with Gasteiger partial charge in [-0.05, 0) is 13.0 Å². The number of sulfone groups is 1. The van der Waals surface area contributed by atoms with E-state index in [0.29, 0.717) is 19.5 Å². The highest BCUT2D eigenvalue weighted by atomic mass is 32.2. The van der Waals surface area contributed by atoms with E-state index in [9.17, 15) is 8.42 Å². The highest BCUT2D eigenvalue weighted by molar-refractivity contribution is 7.91. The second-order valence-corrected chi connectivity index (χ2v) is 6.27. The van der Waals surface area contributed by atoms with Crippen LogP contribution < -0.4 is 5.32 Å². The molecular weight excluding hydrogens is 238 g/mol. The highest BCUT2D eigenvalue weighted by Gasteiger charge is 2.10. The molecule has 5 nitrogen and oxygen atoms in total. The van der Waals surface area contributed by atoms with E-state index in [1.54, 1.807) is 6.20 Å². The Morgan fingerprint density at radius 3 is 2.76 bits per heavy atom. The zero-order chi connectivity index (χ0) is 12.7. The van der Waals surface area contributed by atoms with Crippen LogP contribution in [-0.2, 0) is 22.9 Å². The van der Waals surface area contributed by atoms with Gasteiger partial charge in [-0.1, -0.05) is 13.8 Å². The first-order valence-electron chi connectivity index (χ1n) is 6.00. The topological polar surface area (TPSA) is 64.0 Å². The van der Waals surface area contributed by atoms with Crippen molar-refractivity contribution in [2.75, 3.05) is 18.1 Å². The molecule has 0 aromatic carbocycles. The van der Waals surface area contributed by atoms with Gasteiger partial charge in [0.25, 0.3) is 0 Å². The molecule has 0 atom stereocenters. The molecule has 0 spiro atoms. The SMILES string of the molecule is CCCS(=O)(=O)CCn1ccnc1CNCC. The maximum Gasteiger partial charge on any atom is 0.152 e. The van der Waals surface area contributed by atoms with Gasteiger partial charge >= 0.3 is 0 Å². The lowest BCUT2D eigenvalue weighted by Crippen LogP contribution is -2.20. The summed E-state index contributed by atoms with van der Waals surface area (Å²) in [5, 5.41) is 3.18. The van der Waals surface area contributed by atoms with Crippen LogP contribution in [0, 0.1) is 0 Å². The van der Waals surface area contributed by atoms with E-state index in [1.807, 2.05) is 24.6 Å². The maximum absolute atomic E-state index is 11.6. The van der Waals surface area contributed by atoms with Crippen LogP contribution in [0.1, 0.15) is 26.1 Å². The van der Waals surface area contributed by atoms with E-state index in [1.165, 1.54) is 0 Å². The number of hydrogen-bond donors (Lipinski definition) is 1. The number of nitrogens with zero attached hydrogens (tertiary/aromatic N) is 2. The molecular formula is C11H21N3O2S. The molecule has 0 aliphatic carbocycles. The Bertz CT molecular complexity index is 426. The molecule has 6 heteroatoms. The van der Waals surface area contributed by atoms with Gasteiger partial charge < -0.3 is 9.88 Å². The molecule has 1 heterocycles. The van der Waals surface area contributed by atoms with E-state index >= 15 is 0 Å². The summed E-state index contributed by atoms with van der Waals surface area (Å²) in [5.74, 6) is 1.35. The van der Waals surface area contributed by atoms with Gasteiger partial charge in [0.05, 0.1) is 12.3 Å². The third kappa shape index (κ3) is 4.87. The van der Waals surface area contributed by atoms with Crippen molar-refractivity contribution in [3.63, 3.8) is 0 Å². The van der Waals surface area contributed by atoms with Crippen LogP contribution in [0.15, 0.2) is 12.4 Å². The van der Waals surface area contributed by atoms with Crippen molar-refractivity contribution in [2.24, 2.45) is 0 Å². The van der Waals surface area contributed by atoms with Gasteiger partial charge in [-0.25, -0.2) is 13.4 Å². The zero-order valence-corrected chi connectivity index (χ0v) is 11.3. The molecule has 17 heavy (non-hydrogen) atoms. The summed E-state index contributed by atoms with van der Waals surface area (Å²) in [6.07, 6.45) is 4.21. The fraction of sp³-hybridized carbons (Fsp3) is 0.727. The minimum atomic E-state index is -2.91. The number of aryl methyl sites for hydroxylation is 1. The first-order chi connectivity index (χ1) is 8.09. The minimum absolute atomic E-state index is 0.191. The van der Waals surface area contributed by atoms with Gasteiger partial charge in [-0.2, -0.15) is 0 Å². The maximum atomic E-state index is 11.6. The Hall–Kier alpha value is -0.880. The van der Waals surface area contributed by atoms with Gasteiger partial charge in [0.1, 0.15) is 5.82 Å². The third-order valence-corrected chi connectivity index (χ3v) is 4.33. The molecule has 0 saturated carbocycles. The first kappa shape index (κ1) is 14.2. The monoisotopic (exact) mass is 259 g/mol. The predicted molar refractivity (Wildman–Crippen MR) is 68.6 cm³/mol. The molecule has 0 aliphatic rings. The van der Waals surface area contributed by atoms with Gasteiger partial charge in [-0.15, -0.1) is 0 Å². The summed E-state index contributed by atoms with van der Waals surface area (Å²) in [6.45, 7) is 5.95. The van der Waals surface area contributed by atoms with Crippen molar-refractivity contribution in [1.29, 1.82) is 0 Å². The van der Waals surface area contributed by atoms with Gasteiger partial charge in [-0.3, -0.25) is 0 Å². The molecule has 1 aromatic rings. The highest BCUT2D eigenvalue weighted by Crippen LogP contribution is 2.01. The van der Waals surface area contributed by atoms with Crippen molar-refractivity contribution >= 4 is 9.84 Å². The van der Waals surface area contributed by atoms with Crippen LogP contribution in [0.2, 0.25) is 0 Å². The average molecular weight is 259 g/mol. The zero-order valence-electron chi connectivity index (χ0n) is 10.5. The Morgan fingerprint density at radius 1 is 1.35 bits per heavy atom. The lowest BCUT2D eigenvalue weighted by molar-refractivity contribution is 0.580. The standard InChI is InChI=1S/C11H21N3O2S/c1-3-8-17(15,16)9-7-14-6-5-13-11(14)10-12-4-2/h5-6,12H,3-4,7-10H2,1-2H3. The van der Waals surface area contributed by atoms with Crippen LogP contribution in [-0.4, -0.2) is 36.0 Å². The van der Waals surface area contributed by atoms with Crippen LogP contribution in [0.3, 0.4) is 0 Å². The molecule has 0 aliphatic heterocycles. The summed E-state index contributed by atoms with van der Waals surface area (Å²) in [5.41, 5.74) is 0. The van der Waals surface area contributed by atoms with Crippen molar-refractivity contribution in [2.45, 2.75) is 33.4 Å². The number of hydrogen-bond acceptors (Lipinski definition) is 4. The Balaban J connectivity index is 2.54. The fourth-order valence-corrected chi connectivity index (χ4v) is 2.90. The summed E-state index contributed by atoms with van der Waals surface area (Å²) in [7, 11) is -2.91. The van der Waals surface area contributed by atoms with E-state index in [-0.39, 0.29) is 11.5 Å². The van der Waals surface area contributed by atoms with Gasteiger partial charge in [0, 0.05) is 24.7 Å². The predicted octanol–water partition coefficient (Wildman–Crippen LogP) is 0.817. The van der Waals surface area contributed by atoms with E-state index in [2.05, 4.69) is 10.3 Å². The van der Waals surface area contributed by atoms with Crippen LogP contribution in [0.4, 0.5) is 0 Å². The average Bonchev–Trinajstić information content (AvgIpc) is 2.71. The largest absolute Gasteiger partial charge is 0.333 e. The smallest absolute Gasteiger partial charge is 0.152 e. The Morgan fingerprint density at radius 2 is 2.12 bits per heavy atom. The van der Waals surface area contributed by atoms with Crippen molar-refractivity contribution < 1.29 is 8.42 Å². The normalized spacial score (nSPS) is 11.9. The fourth-order valence-electron chi connectivity index (χ4n) is 1.60. The van der Waals surface area contributed by atoms with Gasteiger partial charge in [0.2, 0.25) is 0 Å². The van der Waals surface area contributed by atoms with Crippen molar-refractivity contribution in [3.8, 4) is 0 Å². The molecule has 0 fully saturated rings. The summed E-state index contributed by atoms with van der Waals surface area (Å²) < 4.78 is 25.1. The van der Waals surface area contributed by atoms with Crippen molar-refractivity contribution in [3.05, 3.63) is 18.2 Å². The Kier molecular flexibility index (Phi) is 5.64. The first-order valence-corrected chi connectivity index (χ1v) is 7.82. The quantitative estimate of drug-likeness (QED) is 0.750. The molecule has 0 saturated heterocycles. The van der Waals surface area contributed by atoms with E-state index in [0.717, 1.165) is 12.4 Å². The Labute approximate surface area is 103 Å². The molecule has 0 bridgehead atoms. The van der Waals surface area contributed by atoms with Gasteiger partial charge in [0.15, 0.2) is 9.84 Å². The number of nitrogens with one attached hydrogen (secondary N) is 1. The molecule has 0 unspecified atom stereocenters. The lowest BCUT2D eigenvalue weighted by Gasteiger charge is -2.08. The van der Waals surface area contributed by atoms with Crippen LogP contribution >= 0.6 is 0 Å². The molecule has 0 amide bonds. The third-order valence-electron chi connectivity index (χ3n) is 2.49. The lowest BCUT2D eigenvalue weighted by atomic mass is 10.5. The number of imidazole rings is 1. The molecule has 0 radical (unpaired) electrons. The van der Waals surface area contributed by atoms with E-state index < -0.39 is 9.84 Å². The summed E-state index contributed by atoms with van der Waals surface area (Å²) in [6, 6.07) is 0. The second-order valence-electron chi connectivity index (χ2n) is 3.97.